The third-order valence-electron chi connectivity index (χ3n) is 6.02. The molecule has 1 unspecified atom stereocenters. The van der Waals surface area contributed by atoms with Crippen molar-refractivity contribution in [1.82, 2.24) is 20.4 Å². The van der Waals surface area contributed by atoms with E-state index in [0.717, 1.165) is 25.6 Å². The number of nitrogens with zero attached hydrogens (tertiary/aromatic N) is 3. The van der Waals surface area contributed by atoms with Crippen molar-refractivity contribution < 1.29 is 0 Å². The third kappa shape index (κ3) is 6.75. The van der Waals surface area contributed by atoms with Gasteiger partial charge in [-0.3, -0.25) is 9.89 Å². The van der Waals surface area contributed by atoms with Gasteiger partial charge in [0.05, 0.1) is 0 Å². The molecule has 0 saturated carbocycles. The normalized spacial score (nSPS) is 23.3. The second-order valence-electron chi connectivity index (χ2n) is 8.59. The molecule has 5 nitrogen and oxygen atoms in total. The first-order chi connectivity index (χ1) is 13.6. The van der Waals surface area contributed by atoms with Gasteiger partial charge in [0.2, 0.25) is 0 Å². The maximum Gasteiger partial charge on any atom is 0.191 e. The predicted molar refractivity (Wildman–Crippen MR) is 121 cm³/mol. The first-order valence-electron chi connectivity index (χ1n) is 11.2. The lowest BCUT2D eigenvalue weighted by atomic mass is 9.98. The molecule has 158 valence electrons. The Morgan fingerprint density at radius 1 is 1.25 bits per heavy atom. The molecular formula is C22H39N5S. The second-order valence-corrected chi connectivity index (χ2v) is 9.62. The van der Waals surface area contributed by atoms with Crippen LogP contribution in [0.1, 0.15) is 51.3 Å². The second kappa shape index (κ2) is 11.2. The highest BCUT2D eigenvalue weighted by atomic mass is 32.1. The van der Waals surface area contributed by atoms with E-state index in [2.05, 4.69) is 58.7 Å². The number of likely N-dealkylation sites (tertiary alicyclic amines) is 2. The minimum absolute atomic E-state index is 0.550. The first-order valence-corrected chi connectivity index (χ1v) is 12.1. The van der Waals surface area contributed by atoms with E-state index in [9.17, 15) is 0 Å². The fourth-order valence-electron chi connectivity index (χ4n) is 4.36. The molecule has 2 fully saturated rings. The van der Waals surface area contributed by atoms with Gasteiger partial charge in [-0.05, 0) is 70.4 Å². The van der Waals surface area contributed by atoms with E-state index in [-0.39, 0.29) is 0 Å². The summed E-state index contributed by atoms with van der Waals surface area (Å²) in [5, 5.41) is 9.35. The molecule has 1 aromatic heterocycles. The van der Waals surface area contributed by atoms with Gasteiger partial charge in [0, 0.05) is 56.2 Å². The summed E-state index contributed by atoms with van der Waals surface area (Å²) in [6.07, 6.45) is 5.01. The molecule has 0 spiro atoms. The number of thiophene rings is 1. The van der Waals surface area contributed by atoms with Gasteiger partial charge in [0.25, 0.3) is 0 Å². The van der Waals surface area contributed by atoms with Crippen LogP contribution >= 0.6 is 11.3 Å². The van der Waals surface area contributed by atoms with Crippen LogP contribution in [-0.2, 0) is 6.54 Å². The lowest BCUT2D eigenvalue weighted by Crippen LogP contribution is -2.50. The minimum atomic E-state index is 0.550. The summed E-state index contributed by atoms with van der Waals surface area (Å²) in [6.45, 7) is 14.5. The molecule has 0 amide bonds. The van der Waals surface area contributed by atoms with Crippen LogP contribution in [-0.4, -0.2) is 67.1 Å². The summed E-state index contributed by atoms with van der Waals surface area (Å²) in [4.78, 5) is 11.6. The quantitative estimate of drug-likeness (QED) is 0.539. The Hall–Kier alpha value is -1.11. The smallest absolute Gasteiger partial charge is 0.191 e. The number of nitrogens with one attached hydrogen (secondary N) is 2. The van der Waals surface area contributed by atoms with E-state index >= 15 is 0 Å². The molecule has 28 heavy (non-hydrogen) atoms. The third-order valence-corrected chi connectivity index (χ3v) is 6.88. The molecule has 0 aliphatic carbocycles. The van der Waals surface area contributed by atoms with Gasteiger partial charge in [-0.2, -0.15) is 0 Å². The number of hydrogen-bond donors (Lipinski definition) is 2. The molecule has 2 N–H and O–H groups in total. The highest BCUT2D eigenvalue weighted by molar-refractivity contribution is 7.09. The molecule has 3 rings (SSSR count). The van der Waals surface area contributed by atoms with Crippen molar-refractivity contribution in [3.05, 3.63) is 22.4 Å². The van der Waals surface area contributed by atoms with Gasteiger partial charge in [-0.15, -0.1) is 11.3 Å². The Bertz CT molecular complexity index is 578. The zero-order valence-corrected chi connectivity index (χ0v) is 18.8. The van der Waals surface area contributed by atoms with E-state index in [1.54, 1.807) is 0 Å². The summed E-state index contributed by atoms with van der Waals surface area (Å²) in [5.74, 6) is 1.69. The van der Waals surface area contributed by atoms with E-state index in [0.29, 0.717) is 18.0 Å². The fourth-order valence-corrected chi connectivity index (χ4v) is 5.11. The number of aliphatic imine (C=N–C) groups is 1. The first kappa shape index (κ1) is 21.6. The lowest BCUT2D eigenvalue weighted by Gasteiger charge is -2.35. The topological polar surface area (TPSA) is 42.9 Å². The van der Waals surface area contributed by atoms with Crippen LogP contribution in [0.25, 0.3) is 0 Å². The molecule has 3 heterocycles. The van der Waals surface area contributed by atoms with Gasteiger partial charge in [-0.25, -0.2) is 0 Å². The van der Waals surface area contributed by atoms with Crippen LogP contribution in [0.4, 0.5) is 0 Å². The average molecular weight is 406 g/mol. The van der Waals surface area contributed by atoms with Crippen LogP contribution in [0, 0.1) is 5.92 Å². The Balaban J connectivity index is 1.47. The fraction of sp³-hybridized carbons (Fsp3) is 0.773. The average Bonchev–Trinajstić information content (AvgIpc) is 3.20. The van der Waals surface area contributed by atoms with E-state index in [1.165, 1.54) is 56.7 Å². The van der Waals surface area contributed by atoms with Crippen molar-refractivity contribution in [1.29, 1.82) is 0 Å². The van der Waals surface area contributed by atoms with Crippen molar-refractivity contribution in [2.45, 2.75) is 65.1 Å². The van der Waals surface area contributed by atoms with Gasteiger partial charge < -0.3 is 15.5 Å². The molecule has 1 aromatic rings. The summed E-state index contributed by atoms with van der Waals surface area (Å²) in [6, 6.07) is 5.62. The van der Waals surface area contributed by atoms with Crippen LogP contribution in [0.5, 0.6) is 0 Å². The van der Waals surface area contributed by atoms with Crippen molar-refractivity contribution in [3.63, 3.8) is 0 Å². The summed E-state index contributed by atoms with van der Waals surface area (Å²) < 4.78 is 0. The molecular weight excluding hydrogens is 366 g/mol. The van der Waals surface area contributed by atoms with Crippen LogP contribution in [0.15, 0.2) is 22.5 Å². The maximum atomic E-state index is 4.97. The van der Waals surface area contributed by atoms with E-state index in [4.69, 9.17) is 4.99 Å². The molecule has 2 saturated heterocycles. The maximum absolute atomic E-state index is 4.97. The molecule has 6 heteroatoms. The van der Waals surface area contributed by atoms with Gasteiger partial charge >= 0.3 is 0 Å². The standard InChI is InChI=1S/C22H39N5S/c1-4-23-22(25-20-9-12-27(13-10-20)18(2)3)24-15-19-7-5-11-26(16-19)17-21-8-6-14-28-21/h6,8,14,18-20H,4-5,7,9-13,15-17H2,1-3H3,(H2,23,24,25). The van der Waals surface area contributed by atoms with Crippen LogP contribution < -0.4 is 10.6 Å². The van der Waals surface area contributed by atoms with E-state index in [1.807, 2.05) is 11.3 Å². The summed E-state index contributed by atoms with van der Waals surface area (Å²) >= 11 is 1.87. The highest BCUT2D eigenvalue weighted by Gasteiger charge is 2.23. The van der Waals surface area contributed by atoms with Crippen molar-refractivity contribution in [2.75, 3.05) is 39.3 Å². The molecule has 2 aliphatic heterocycles. The SMILES string of the molecule is CCNC(=NCC1CCCN(Cc2cccs2)C1)NC1CCN(C(C)C)CC1. The predicted octanol–water partition coefficient (Wildman–Crippen LogP) is 3.39. The molecule has 1 atom stereocenters. The van der Waals surface area contributed by atoms with E-state index < -0.39 is 0 Å². The van der Waals surface area contributed by atoms with Crippen molar-refractivity contribution >= 4 is 17.3 Å². The minimum Gasteiger partial charge on any atom is -0.357 e. The number of hydrogen-bond acceptors (Lipinski definition) is 4. The molecule has 0 radical (unpaired) electrons. The Labute approximate surface area is 175 Å². The summed E-state index contributed by atoms with van der Waals surface area (Å²) in [7, 11) is 0. The number of guanidine groups is 1. The molecule has 2 aliphatic rings. The highest BCUT2D eigenvalue weighted by Crippen LogP contribution is 2.20. The monoisotopic (exact) mass is 405 g/mol. The van der Waals surface area contributed by atoms with Crippen LogP contribution in [0.2, 0.25) is 0 Å². The molecule has 0 aromatic carbocycles. The molecule has 0 bridgehead atoms. The zero-order chi connectivity index (χ0) is 19.8. The Morgan fingerprint density at radius 2 is 2.07 bits per heavy atom. The number of rotatable bonds is 7. The Kier molecular flexibility index (Phi) is 8.62. The zero-order valence-electron chi connectivity index (χ0n) is 18.0. The van der Waals surface area contributed by atoms with Crippen LogP contribution in [0.3, 0.4) is 0 Å². The Morgan fingerprint density at radius 3 is 2.75 bits per heavy atom. The van der Waals surface area contributed by atoms with Gasteiger partial charge in [-0.1, -0.05) is 6.07 Å². The lowest BCUT2D eigenvalue weighted by molar-refractivity contribution is 0.166. The number of piperidine rings is 2. The van der Waals surface area contributed by atoms with Gasteiger partial charge in [0.1, 0.15) is 0 Å². The van der Waals surface area contributed by atoms with Gasteiger partial charge in [0.15, 0.2) is 5.96 Å². The largest absolute Gasteiger partial charge is 0.357 e. The summed E-state index contributed by atoms with van der Waals surface area (Å²) in [5.41, 5.74) is 0. The van der Waals surface area contributed by atoms with Crippen molar-refractivity contribution in [3.8, 4) is 0 Å². The van der Waals surface area contributed by atoms with Crippen molar-refractivity contribution in [2.24, 2.45) is 10.9 Å².